The molecule has 0 aliphatic rings. The van der Waals surface area contributed by atoms with Crippen molar-refractivity contribution >= 4 is 5.69 Å². The molecule has 0 bridgehead atoms. The van der Waals surface area contributed by atoms with E-state index in [9.17, 15) is 10.1 Å². The van der Waals surface area contributed by atoms with Crippen molar-refractivity contribution in [2.75, 3.05) is 7.11 Å². The van der Waals surface area contributed by atoms with Gasteiger partial charge in [0.1, 0.15) is 5.75 Å². The number of hydrogen-bond donors (Lipinski definition) is 1. The Morgan fingerprint density at radius 3 is 2.56 bits per heavy atom. The lowest BCUT2D eigenvalue weighted by Crippen LogP contribution is -2.34. The highest BCUT2D eigenvalue weighted by atomic mass is 16.6. The van der Waals surface area contributed by atoms with Gasteiger partial charge in [-0.15, -0.1) is 0 Å². The maximum Gasteiger partial charge on any atom is 0.276 e. The summed E-state index contributed by atoms with van der Waals surface area (Å²) in [5.74, 6) is 0.477. The molecular weight excluding hydrogens is 208 g/mol. The molecule has 1 aromatic rings. The van der Waals surface area contributed by atoms with Gasteiger partial charge in [0, 0.05) is 11.1 Å². The minimum atomic E-state index is -0.473. The Morgan fingerprint density at radius 1 is 1.50 bits per heavy atom. The van der Waals surface area contributed by atoms with Crippen LogP contribution in [-0.4, -0.2) is 17.6 Å². The van der Waals surface area contributed by atoms with Crippen molar-refractivity contribution in [3.05, 3.63) is 33.9 Å². The van der Waals surface area contributed by atoms with Gasteiger partial charge < -0.3 is 10.5 Å². The normalized spacial score (nSPS) is 11.2. The van der Waals surface area contributed by atoms with Gasteiger partial charge in [-0.05, 0) is 32.4 Å². The van der Waals surface area contributed by atoms with Crippen LogP contribution in [0.15, 0.2) is 18.2 Å². The minimum Gasteiger partial charge on any atom is -0.497 e. The molecule has 0 fully saturated rings. The third-order valence-corrected chi connectivity index (χ3v) is 2.14. The van der Waals surface area contributed by atoms with E-state index in [2.05, 4.69) is 0 Å². The van der Waals surface area contributed by atoms with Crippen molar-refractivity contribution in [1.29, 1.82) is 0 Å². The van der Waals surface area contributed by atoms with Gasteiger partial charge in [-0.2, -0.15) is 0 Å². The Balaban J connectivity index is 3.13. The van der Waals surface area contributed by atoms with E-state index in [0.717, 1.165) is 0 Å². The second kappa shape index (κ2) is 4.49. The fourth-order valence-corrected chi connectivity index (χ4v) is 1.48. The van der Waals surface area contributed by atoms with E-state index in [1.807, 2.05) is 13.8 Å². The van der Waals surface area contributed by atoms with Crippen molar-refractivity contribution in [2.24, 2.45) is 5.73 Å². The van der Waals surface area contributed by atoms with E-state index in [4.69, 9.17) is 10.5 Å². The fraction of sp³-hybridized carbons (Fsp3) is 0.455. The summed E-state index contributed by atoms with van der Waals surface area (Å²) in [6, 6.07) is 4.81. The second-order valence-electron chi connectivity index (χ2n) is 4.42. The molecule has 0 aromatic heterocycles. The number of nitrogens with zero attached hydrogens (tertiary/aromatic N) is 1. The Kier molecular flexibility index (Phi) is 3.49. The molecule has 0 spiro atoms. The Labute approximate surface area is 94.4 Å². The summed E-state index contributed by atoms with van der Waals surface area (Å²) >= 11 is 0. The molecule has 1 rings (SSSR count). The van der Waals surface area contributed by atoms with E-state index < -0.39 is 10.5 Å². The van der Waals surface area contributed by atoms with Gasteiger partial charge in [0.15, 0.2) is 0 Å². The molecule has 0 aliphatic heterocycles. The molecule has 0 saturated heterocycles. The predicted molar refractivity (Wildman–Crippen MR) is 61.6 cm³/mol. The summed E-state index contributed by atoms with van der Waals surface area (Å²) in [6.45, 7) is 3.67. The Hall–Kier alpha value is -1.62. The second-order valence-corrected chi connectivity index (χ2v) is 4.42. The summed E-state index contributed by atoms with van der Waals surface area (Å²) < 4.78 is 4.95. The summed E-state index contributed by atoms with van der Waals surface area (Å²) in [4.78, 5) is 10.5. The Morgan fingerprint density at radius 2 is 2.12 bits per heavy atom. The zero-order chi connectivity index (χ0) is 12.3. The van der Waals surface area contributed by atoms with E-state index in [0.29, 0.717) is 17.7 Å². The Bertz CT molecular complexity index is 397. The first-order valence-electron chi connectivity index (χ1n) is 4.93. The van der Waals surface area contributed by atoms with Crippen LogP contribution in [0.2, 0.25) is 0 Å². The molecule has 0 unspecified atom stereocenters. The quantitative estimate of drug-likeness (QED) is 0.625. The largest absolute Gasteiger partial charge is 0.497 e. The molecule has 0 radical (unpaired) electrons. The molecular formula is C11H16N2O3. The van der Waals surface area contributed by atoms with Crippen LogP contribution in [0, 0.1) is 10.1 Å². The van der Waals surface area contributed by atoms with Crippen LogP contribution >= 0.6 is 0 Å². The number of benzene rings is 1. The van der Waals surface area contributed by atoms with Crippen LogP contribution in [-0.2, 0) is 6.42 Å². The maximum absolute atomic E-state index is 10.9. The lowest BCUT2D eigenvalue weighted by molar-refractivity contribution is -0.385. The smallest absolute Gasteiger partial charge is 0.276 e. The van der Waals surface area contributed by atoms with Crippen molar-refractivity contribution < 1.29 is 9.66 Å². The lowest BCUT2D eigenvalue weighted by atomic mass is 9.95. The monoisotopic (exact) mass is 224 g/mol. The van der Waals surface area contributed by atoms with E-state index >= 15 is 0 Å². The molecule has 0 heterocycles. The van der Waals surface area contributed by atoms with Gasteiger partial charge in [0.2, 0.25) is 0 Å². The van der Waals surface area contributed by atoms with Gasteiger partial charge in [-0.25, -0.2) is 0 Å². The standard InChI is InChI=1S/C11H16N2O3/c1-11(2,12)7-8-4-5-9(16-3)6-10(8)13(14)15/h4-6H,7,12H2,1-3H3. The van der Waals surface area contributed by atoms with Crippen LogP contribution in [0.25, 0.3) is 0 Å². The van der Waals surface area contributed by atoms with Gasteiger partial charge in [0.25, 0.3) is 5.69 Å². The highest BCUT2D eigenvalue weighted by Crippen LogP contribution is 2.26. The van der Waals surface area contributed by atoms with Crippen LogP contribution < -0.4 is 10.5 Å². The van der Waals surface area contributed by atoms with Gasteiger partial charge in [-0.3, -0.25) is 10.1 Å². The number of nitro groups is 1. The third-order valence-electron chi connectivity index (χ3n) is 2.14. The molecule has 0 amide bonds. The van der Waals surface area contributed by atoms with E-state index in [1.54, 1.807) is 12.1 Å². The molecule has 0 saturated carbocycles. The molecule has 16 heavy (non-hydrogen) atoms. The molecule has 2 N–H and O–H groups in total. The van der Waals surface area contributed by atoms with Crippen LogP contribution in [0.4, 0.5) is 5.69 Å². The summed E-state index contributed by atoms with van der Waals surface area (Å²) in [7, 11) is 1.48. The third kappa shape index (κ3) is 3.20. The number of hydrogen-bond acceptors (Lipinski definition) is 4. The average Bonchev–Trinajstić information content (AvgIpc) is 2.15. The molecule has 0 atom stereocenters. The van der Waals surface area contributed by atoms with Crippen LogP contribution in [0.3, 0.4) is 0 Å². The van der Waals surface area contributed by atoms with Crippen molar-refractivity contribution in [3.63, 3.8) is 0 Å². The fourth-order valence-electron chi connectivity index (χ4n) is 1.48. The first kappa shape index (κ1) is 12.4. The molecule has 5 nitrogen and oxygen atoms in total. The number of ether oxygens (including phenoxy) is 1. The predicted octanol–water partition coefficient (Wildman–Crippen LogP) is 1.88. The minimum absolute atomic E-state index is 0.0536. The van der Waals surface area contributed by atoms with Gasteiger partial charge >= 0.3 is 0 Å². The molecule has 1 aromatic carbocycles. The van der Waals surface area contributed by atoms with Crippen molar-refractivity contribution in [3.8, 4) is 5.75 Å². The lowest BCUT2D eigenvalue weighted by Gasteiger charge is -2.18. The summed E-state index contributed by atoms with van der Waals surface area (Å²) in [6.07, 6.45) is 0.452. The van der Waals surface area contributed by atoms with Crippen molar-refractivity contribution in [1.82, 2.24) is 0 Å². The highest BCUT2D eigenvalue weighted by Gasteiger charge is 2.20. The van der Waals surface area contributed by atoms with Gasteiger partial charge in [-0.1, -0.05) is 0 Å². The first-order valence-corrected chi connectivity index (χ1v) is 4.93. The van der Waals surface area contributed by atoms with Crippen molar-refractivity contribution in [2.45, 2.75) is 25.8 Å². The molecule has 88 valence electrons. The summed E-state index contributed by atoms with van der Waals surface area (Å²) in [5, 5.41) is 10.9. The summed E-state index contributed by atoms with van der Waals surface area (Å²) in [5.41, 5.74) is 6.06. The SMILES string of the molecule is COc1ccc(CC(C)(C)N)c([N+](=O)[O-])c1. The molecule has 5 heteroatoms. The average molecular weight is 224 g/mol. The number of nitro benzene ring substituents is 1. The topological polar surface area (TPSA) is 78.4 Å². The number of rotatable bonds is 4. The zero-order valence-electron chi connectivity index (χ0n) is 9.69. The van der Waals surface area contributed by atoms with Gasteiger partial charge in [0.05, 0.1) is 18.1 Å². The highest BCUT2D eigenvalue weighted by molar-refractivity contribution is 5.46. The van der Waals surface area contributed by atoms with E-state index in [1.165, 1.54) is 13.2 Å². The number of methoxy groups -OCH3 is 1. The van der Waals surface area contributed by atoms with Crippen LogP contribution in [0.1, 0.15) is 19.4 Å². The van der Waals surface area contributed by atoms with E-state index in [-0.39, 0.29) is 5.69 Å². The first-order chi connectivity index (χ1) is 7.33. The number of nitrogens with two attached hydrogens (primary N) is 1. The zero-order valence-corrected chi connectivity index (χ0v) is 9.69. The maximum atomic E-state index is 10.9. The molecule has 0 aliphatic carbocycles. The van der Waals surface area contributed by atoms with Crippen LogP contribution in [0.5, 0.6) is 5.75 Å².